The predicted octanol–water partition coefficient (Wildman–Crippen LogP) is 2.74. The number of benzene rings is 1. The summed E-state index contributed by atoms with van der Waals surface area (Å²) in [6.07, 6.45) is 0.0542. The maximum atomic E-state index is 9.67. The highest BCUT2D eigenvalue weighted by Crippen LogP contribution is 2.17. The monoisotopic (exact) mass is 286 g/mol. The first-order valence-electron chi connectivity index (χ1n) is 4.07. The Kier molecular flexibility index (Phi) is 4.26. The fraction of sp³-hybridized carbons (Fsp3) is 0.273. The number of halogens is 1. The maximum Gasteiger partial charge on any atom is 0.0899 e. The molecule has 0 aliphatic carbocycles. The summed E-state index contributed by atoms with van der Waals surface area (Å²) in [5.74, 6) is 5.63. The highest BCUT2D eigenvalue weighted by Gasteiger charge is 2.04. The lowest BCUT2D eigenvalue weighted by molar-refractivity contribution is 0.184. The van der Waals surface area contributed by atoms with Crippen LogP contribution in [0.3, 0.4) is 0 Å². The lowest BCUT2D eigenvalue weighted by Gasteiger charge is -2.06. The van der Waals surface area contributed by atoms with E-state index in [1.54, 1.807) is 6.92 Å². The lowest BCUT2D eigenvalue weighted by Crippen LogP contribution is -1.95. The van der Waals surface area contributed by atoms with E-state index in [2.05, 4.69) is 34.4 Å². The molecule has 1 rings (SSSR count). The number of aliphatic hydroxyl groups is 1. The van der Waals surface area contributed by atoms with Crippen molar-refractivity contribution in [3.63, 3.8) is 0 Å². The smallest absolute Gasteiger partial charge is 0.0899 e. The third-order valence-corrected chi connectivity index (χ3v) is 2.38. The number of rotatable bonds is 2. The molecule has 13 heavy (non-hydrogen) atoms. The van der Waals surface area contributed by atoms with Crippen molar-refractivity contribution in [3.8, 4) is 11.8 Å². The SMILES string of the molecule is CC#CCC(O)c1cccc(I)c1. The summed E-state index contributed by atoms with van der Waals surface area (Å²) in [6, 6.07) is 7.84. The first-order valence-corrected chi connectivity index (χ1v) is 5.15. The molecule has 0 bridgehead atoms. The zero-order chi connectivity index (χ0) is 9.68. The van der Waals surface area contributed by atoms with Crippen molar-refractivity contribution in [3.05, 3.63) is 33.4 Å². The van der Waals surface area contributed by atoms with E-state index >= 15 is 0 Å². The highest BCUT2D eigenvalue weighted by atomic mass is 127. The van der Waals surface area contributed by atoms with Gasteiger partial charge in [0.25, 0.3) is 0 Å². The zero-order valence-electron chi connectivity index (χ0n) is 7.42. The molecular weight excluding hydrogens is 275 g/mol. The first kappa shape index (κ1) is 10.6. The van der Waals surface area contributed by atoms with Gasteiger partial charge in [0.1, 0.15) is 0 Å². The second-order valence-corrected chi connectivity index (χ2v) is 3.95. The first-order chi connectivity index (χ1) is 6.24. The van der Waals surface area contributed by atoms with Crippen molar-refractivity contribution >= 4 is 22.6 Å². The molecule has 0 fully saturated rings. The summed E-state index contributed by atoms with van der Waals surface area (Å²) >= 11 is 2.23. The van der Waals surface area contributed by atoms with Gasteiger partial charge in [-0.3, -0.25) is 0 Å². The van der Waals surface area contributed by atoms with Gasteiger partial charge in [0.2, 0.25) is 0 Å². The van der Waals surface area contributed by atoms with Crippen LogP contribution in [-0.2, 0) is 0 Å². The van der Waals surface area contributed by atoms with E-state index < -0.39 is 6.10 Å². The van der Waals surface area contributed by atoms with Crippen LogP contribution in [-0.4, -0.2) is 5.11 Å². The lowest BCUT2D eigenvalue weighted by atomic mass is 10.1. The van der Waals surface area contributed by atoms with Gasteiger partial charge in [-0.15, -0.1) is 11.8 Å². The van der Waals surface area contributed by atoms with Crippen molar-refractivity contribution in [1.29, 1.82) is 0 Å². The van der Waals surface area contributed by atoms with E-state index in [0.717, 1.165) is 9.13 Å². The molecule has 0 saturated carbocycles. The van der Waals surface area contributed by atoms with Crippen LogP contribution in [0.2, 0.25) is 0 Å². The minimum absolute atomic E-state index is 0.456. The van der Waals surface area contributed by atoms with E-state index in [1.165, 1.54) is 0 Å². The van der Waals surface area contributed by atoms with Gasteiger partial charge in [-0.2, -0.15) is 0 Å². The van der Waals surface area contributed by atoms with Crippen LogP contribution in [0.5, 0.6) is 0 Å². The quantitative estimate of drug-likeness (QED) is 0.654. The van der Waals surface area contributed by atoms with Crippen LogP contribution in [0.25, 0.3) is 0 Å². The Balaban J connectivity index is 2.74. The van der Waals surface area contributed by atoms with E-state index in [-0.39, 0.29) is 0 Å². The van der Waals surface area contributed by atoms with Crippen LogP contribution in [0.4, 0.5) is 0 Å². The zero-order valence-corrected chi connectivity index (χ0v) is 9.58. The standard InChI is InChI=1S/C11H11IO/c1-2-3-7-11(13)9-5-4-6-10(12)8-9/h4-6,8,11,13H,7H2,1H3. The van der Waals surface area contributed by atoms with Crippen molar-refractivity contribution in [1.82, 2.24) is 0 Å². The third-order valence-electron chi connectivity index (χ3n) is 1.71. The molecule has 1 aromatic rings. The summed E-state index contributed by atoms with van der Waals surface area (Å²) < 4.78 is 1.14. The van der Waals surface area contributed by atoms with Crippen LogP contribution >= 0.6 is 22.6 Å². The molecule has 1 N–H and O–H groups in total. The van der Waals surface area contributed by atoms with E-state index in [0.29, 0.717) is 6.42 Å². The summed E-state index contributed by atoms with van der Waals surface area (Å²) in [5.41, 5.74) is 0.939. The Morgan fingerprint density at radius 1 is 1.54 bits per heavy atom. The van der Waals surface area contributed by atoms with Crippen molar-refractivity contribution < 1.29 is 5.11 Å². The van der Waals surface area contributed by atoms with Gasteiger partial charge in [0.05, 0.1) is 6.10 Å². The van der Waals surface area contributed by atoms with Crippen LogP contribution < -0.4 is 0 Å². The van der Waals surface area contributed by atoms with Gasteiger partial charge in [-0.05, 0) is 47.2 Å². The summed E-state index contributed by atoms with van der Waals surface area (Å²) in [4.78, 5) is 0. The van der Waals surface area contributed by atoms with E-state index in [9.17, 15) is 5.11 Å². The largest absolute Gasteiger partial charge is 0.387 e. The fourth-order valence-corrected chi connectivity index (χ4v) is 1.60. The predicted molar refractivity (Wildman–Crippen MR) is 62.2 cm³/mol. The Labute approximate surface area is 92.3 Å². The minimum atomic E-state index is -0.456. The highest BCUT2D eigenvalue weighted by molar-refractivity contribution is 14.1. The molecule has 0 amide bonds. The third kappa shape index (κ3) is 3.37. The van der Waals surface area contributed by atoms with Gasteiger partial charge in [0.15, 0.2) is 0 Å². The fourth-order valence-electron chi connectivity index (χ4n) is 1.03. The van der Waals surface area contributed by atoms with Gasteiger partial charge < -0.3 is 5.11 Å². The Hall–Kier alpha value is -0.530. The molecule has 0 spiro atoms. The molecule has 0 saturated heterocycles. The minimum Gasteiger partial charge on any atom is -0.387 e. The molecule has 68 valence electrons. The molecule has 0 heterocycles. The molecule has 2 heteroatoms. The Morgan fingerprint density at radius 2 is 2.31 bits per heavy atom. The van der Waals surface area contributed by atoms with Crippen LogP contribution in [0, 0.1) is 15.4 Å². The van der Waals surface area contributed by atoms with Crippen molar-refractivity contribution in [2.75, 3.05) is 0 Å². The number of hydrogen-bond donors (Lipinski definition) is 1. The van der Waals surface area contributed by atoms with E-state index in [4.69, 9.17) is 0 Å². The van der Waals surface area contributed by atoms with E-state index in [1.807, 2.05) is 24.3 Å². The second kappa shape index (κ2) is 5.25. The van der Waals surface area contributed by atoms with Gasteiger partial charge in [-0.1, -0.05) is 12.1 Å². The molecule has 1 atom stereocenters. The Bertz CT molecular complexity index is 335. The average molecular weight is 286 g/mol. The molecular formula is C11H11IO. The van der Waals surface area contributed by atoms with Crippen LogP contribution in [0.15, 0.2) is 24.3 Å². The molecule has 1 nitrogen and oxygen atoms in total. The molecule has 1 aromatic carbocycles. The van der Waals surface area contributed by atoms with Gasteiger partial charge in [0, 0.05) is 9.99 Å². The molecule has 0 radical (unpaired) electrons. The Morgan fingerprint density at radius 3 is 2.92 bits per heavy atom. The van der Waals surface area contributed by atoms with Crippen molar-refractivity contribution in [2.24, 2.45) is 0 Å². The van der Waals surface area contributed by atoms with Crippen molar-refractivity contribution in [2.45, 2.75) is 19.4 Å². The molecule has 0 aromatic heterocycles. The second-order valence-electron chi connectivity index (χ2n) is 2.70. The van der Waals surface area contributed by atoms with Gasteiger partial charge in [-0.25, -0.2) is 0 Å². The topological polar surface area (TPSA) is 20.2 Å². The van der Waals surface area contributed by atoms with Crippen LogP contribution in [0.1, 0.15) is 25.0 Å². The number of aliphatic hydroxyl groups excluding tert-OH is 1. The molecule has 0 aliphatic heterocycles. The number of hydrogen-bond acceptors (Lipinski definition) is 1. The maximum absolute atomic E-state index is 9.67. The summed E-state index contributed by atoms with van der Waals surface area (Å²) in [7, 11) is 0. The summed E-state index contributed by atoms with van der Waals surface area (Å²) in [6.45, 7) is 1.78. The summed E-state index contributed by atoms with van der Waals surface area (Å²) in [5, 5.41) is 9.67. The van der Waals surface area contributed by atoms with Gasteiger partial charge >= 0.3 is 0 Å². The normalized spacial score (nSPS) is 11.6. The molecule has 0 aliphatic rings. The molecule has 1 unspecified atom stereocenters. The average Bonchev–Trinajstić information content (AvgIpc) is 2.14.